The molecule has 1 amide bonds. The molecule has 0 fully saturated rings. The summed E-state index contributed by atoms with van der Waals surface area (Å²) in [6.07, 6.45) is 1.05. The van der Waals surface area contributed by atoms with Gasteiger partial charge in [-0.15, -0.1) is 0 Å². The molecule has 0 radical (unpaired) electrons. The summed E-state index contributed by atoms with van der Waals surface area (Å²) in [5.41, 5.74) is -0.864. The summed E-state index contributed by atoms with van der Waals surface area (Å²) in [4.78, 5) is 37.5. The van der Waals surface area contributed by atoms with Crippen molar-refractivity contribution in [2.75, 3.05) is 0 Å². The number of aromatic nitrogens is 1. The zero-order valence-corrected chi connectivity index (χ0v) is 13.6. The number of hydrogen-bond acceptors (Lipinski definition) is 7. The number of hydrogen-bond donors (Lipinski definition) is 3. The lowest BCUT2D eigenvalue weighted by molar-refractivity contribution is 0.0696. The number of Topliss-reactive ketones (excluding diaryl/α,β-unsaturated/α-hetero) is 1. The number of carbonyl (C=O) groups is 3. The largest absolute Gasteiger partial charge is 0.507 e. The van der Waals surface area contributed by atoms with Gasteiger partial charge >= 0.3 is 5.97 Å². The van der Waals surface area contributed by atoms with Crippen LogP contribution in [0.2, 0.25) is 0 Å². The van der Waals surface area contributed by atoms with E-state index in [1.165, 1.54) is 0 Å². The molecule has 0 unspecified atom stereocenters. The molecule has 130 valence electrons. The highest BCUT2D eigenvalue weighted by molar-refractivity contribution is 7.90. The van der Waals surface area contributed by atoms with E-state index in [1.54, 1.807) is 4.72 Å². The van der Waals surface area contributed by atoms with Crippen LogP contribution in [0.5, 0.6) is 5.75 Å². The molecule has 0 aliphatic heterocycles. The first-order valence-electron chi connectivity index (χ1n) is 6.72. The molecule has 25 heavy (non-hydrogen) atoms. The molecule has 2 rings (SSSR count). The fourth-order valence-corrected chi connectivity index (χ4v) is 2.87. The number of aromatic carboxylic acids is 1. The molecule has 0 atom stereocenters. The quantitative estimate of drug-likeness (QED) is 0.659. The van der Waals surface area contributed by atoms with E-state index in [2.05, 4.69) is 4.98 Å². The Bertz CT molecular complexity index is 983. The molecular weight excluding hydrogens is 352 g/mol. The van der Waals surface area contributed by atoms with Crippen molar-refractivity contribution in [2.24, 2.45) is 0 Å². The number of phenols is 1. The van der Waals surface area contributed by atoms with E-state index in [0.717, 1.165) is 43.5 Å². The number of pyridine rings is 1. The third-order valence-electron chi connectivity index (χ3n) is 3.12. The molecule has 1 aromatic carbocycles. The molecule has 9 nitrogen and oxygen atoms in total. The van der Waals surface area contributed by atoms with Gasteiger partial charge < -0.3 is 10.2 Å². The fraction of sp³-hybridized carbons (Fsp3) is 0.0667. The van der Waals surface area contributed by atoms with Gasteiger partial charge in [0.15, 0.2) is 5.78 Å². The zero-order chi connectivity index (χ0) is 18.8. The van der Waals surface area contributed by atoms with Crippen molar-refractivity contribution in [3.63, 3.8) is 0 Å². The van der Waals surface area contributed by atoms with Gasteiger partial charge in [0.2, 0.25) is 0 Å². The number of nitrogens with zero attached hydrogens (tertiary/aromatic N) is 1. The van der Waals surface area contributed by atoms with Gasteiger partial charge in [-0.25, -0.2) is 17.9 Å². The lowest BCUT2D eigenvalue weighted by Gasteiger charge is -2.08. The van der Waals surface area contributed by atoms with Crippen molar-refractivity contribution in [2.45, 2.75) is 11.8 Å². The van der Waals surface area contributed by atoms with Crippen LogP contribution in [0, 0.1) is 0 Å². The number of amides is 1. The number of rotatable bonds is 5. The molecule has 0 bridgehead atoms. The van der Waals surface area contributed by atoms with Crippen molar-refractivity contribution in [1.29, 1.82) is 0 Å². The summed E-state index contributed by atoms with van der Waals surface area (Å²) < 4.78 is 26.2. The minimum atomic E-state index is -4.36. The summed E-state index contributed by atoms with van der Waals surface area (Å²) >= 11 is 0. The number of sulfonamides is 1. The summed E-state index contributed by atoms with van der Waals surface area (Å²) in [5.74, 6) is -3.39. The Morgan fingerprint density at radius 1 is 1.12 bits per heavy atom. The molecular formula is C15H12N2O7S. The van der Waals surface area contributed by atoms with E-state index < -0.39 is 44.0 Å². The highest BCUT2D eigenvalue weighted by atomic mass is 32.2. The van der Waals surface area contributed by atoms with Crippen LogP contribution in [0.3, 0.4) is 0 Å². The number of nitrogens with one attached hydrogen (secondary N) is 1. The number of carbonyl (C=O) groups excluding carboxylic acids is 2. The van der Waals surface area contributed by atoms with Crippen LogP contribution in [0.1, 0.15) is 38.1 Å². The van der Waals surface area contributed by atoms with Gasteiger partial charge in [-0.05, 0) is 37.3 Å². The monoisotopic (exact) mass is 364 g/mol. The fourth-order valence-electron chi connectivity index (χ4n) is 1.89. The average molecular weight is 364 g/mol. The van der Waals surface area contributed by atoms with Gasteiger partial charge in [0.25, 0.3) is 15.9 Å². The highest BCUT2D eigenvalue weighted by Crippen LogP contribution is 2.21. The first kappa shape index (κ1) is 18.1. The third-order valence-corrected chi connectivity index (χ3v) is 4.45. The number of carboxylic acids is 1. The number of aromatic hydroxyl groups is 1. The van der Waals surface area contributed by atoms with E-state index in [-0.39, 0.29) is 11.1 Å². The second-order valence-corrected chi connectivity index (χ2v) is 6.59. The molecule has 0 aliphatic carbocycles. The molecule has 0 saturated heterocycles. The van der Waals surface area contributed by atoms with Gasteiger partial charge in [-0.3, -0.25) is 14.6 Å². The lowest BCUT2D eigenvalue weighted by atomic mass is 10.1. The van der Waals surface area contributed by atoms with E-state index in [9.17, 15) is 27.9 Å². The van der Waals surface area contributed by atoms with Crippen molar-refractivity contribution >= 4 is 27.7 Å². The summed E-state index contributed by atoms with van der Waals surface area (Å²) in [7, 11) is -4.36. The van der Waals surface area contributed by atoms with Gasteiger partial charge in [0.1, 0.15) is 11.4 Å². The first-order valence-corrected chi connectivity index (χ1v) is 8.20. The van der Waals surface area contributed by atoms with E-state index in [1.807, 2.05) is 0 Å². The summed E-state index contributed by atoms with van der Waals surface area (Å²) in [6.45, 7) is 1.14. The van der Waals surface area contributed by atoms with Gasteiger partial charge in [0, 0.05) is 6.20 Å². The number of carboxylic acid groups (broad SMARTS) is 1. The smallest absolute Gasteiger partial charge is 0.335 e. The molecule has 1 heterocycles. The van der Waals surface area contributed by atoms with Gasteiger partial charge in [0.05, 0.1) is 16.0 Å². The van der Waals surface area contributed by atoms with Gasteiger partial charge in [-0.1, -0.05) is 0 Å². The van der Waals surface area contributed by atoms with Crippen LogP contribution < -0.4 is 4.72 Å². The maximum absolute atomic E-state index is 12.3. The normalized spacial score (nSPS) is 10.9. The van der Waals surface area contributed by atoms with Crippen LogP contribution in [0.4, 0.5) is 0 Å². The Balaban J connectivity index is 2.34. The van der Waals surface area contributed by atoms with Crippen molar-refractivity contribution < 1.29 is 33.0 Å². The topological polar surface area (TPSA) is 151 Å². The molecule has 0 aliphatic rings. The van der Waals surface area contributed by atoms with Crippen LogP contribution in [0.25, 0.3) is 0 Å². The molecule has 0 spiro atoms. The van der Waals surface area contributed by atoms with Gasteiger partial charge in [-0.2, -0.15) is 0 Å². The minimum absolute atomic E-state index is 0.221. The Labute approximate surface area is 142 Å². The van der Waals surface area contributed by atoms with Crippen molar-refractivity contribution in [3.8, 4) is 5.75 Å². The molecule has 2 aromatic rings. The summed E-state index contributed by atoms with van der Waals surface area (Å²) in [5, 5.41) is 18.4. The minimum Gasteiger partial charge on any atom is -0.507 e. The third kappa shape index (κ3) is 3.98. The second-order valence-electron chi connectivity index (χ2n) is 4.90. The van der Waals surface area contributed by atoms with Crippen molar-refractivity contribution in [3.05, 3.63) is 53.3 Å². The average Bonchev–Trinajstić information content (AvgIpc) is 2.54. The van der Waals surface area contributed by atoms with Crippen LogP contribution in [-0.2, 0) is 10.0 Å². The predicted octanol–water partition coefficient (Wildman–Crippen LogP) is 0.807. The summed E-state index contributed by atoms with van der Waals surface area (Å²) in [6, 6.07) is 5.02. The number of benzene rings is 1. The predicted molar refractivity (Wildman–Crippen MR) is 84.0 cm³/mol. The molecule has 3 N–H and O–H groups in total. The maximum Gasteiger partial charge on any atom is 0.335 e. The van der Waals surface area contributed by atoms with Crippen LogP contribution in [-0.4, -0.2) is 41.3 Å². The van der Waals surface area contributed by atoms with Crippen LogP contribution >= 0.6 is 0 Å². The molecule has 10 heteroatoms. The first-order chi connectivity index (χ1) is 11.6. The van der Waals surface area contributed by atoms with E-state index in [4.69, 9.17) is 5.11 Å². The Kier molecular flexibility index (Phi) is 4.84. The lowest BCUT2D eigenvalue weighted by Crippen LogP contribution is -2.31. The highest BCUT2D eigenvalue weighted by Gasteiger charge is 2.22. The Hall–Kier alpha value is -3.27. The van der Waals surface area contributed by atoms with Crippen molar-refractivity contribution in [1.82, 2.24) is 9.71 Å². The van der Waals surface area contributed by atoms with E-state index >= 15 is 0 Å². The Morgan fingerprint density at radius 2 is 1.80 bits per heavy atom. The molecule has 0 saturated carbocycles. The number of ketones is 1. The zero-order valence-electron chi connectivity index (χ0n) is 12.8. The Morgan fingerprint density at radius 3 is 2.40 bits per heavy atom. The standard InChI is InChI=1S/C15H12N2O7S/c1-8(18)11-7-10(2-3-13(11)19)25(23,24)17-14(20)12-6-9(15(21)22)4-5-16-12/h2-7,19H,1H3,(H,17,20)(H,21,22). The SMILES string of the molecule is CC(=O)c1cc(S(=O)(=O)NC(=O)c2cc(C(=O)O)ccn2)ccc1O. The second kappa shape index (κ2) is 6.69. The van der Waals surface area contributed by atoms with Crippen LogP contribution in [0.15, 0.2) is 41.4 Å². The van der Waals surface area contributed by atoms with E-state index in [0.29, 0.717) is 0 Å². The maximum atomic E-state index is 12.3. The molecule has 1 aromatic heterocycles. The number of phenolic OH excluding ortho intramolecular Hbond substituents is 1.